The fourth-order valence-corrected chi connectivity index (χ4v) is 4.62. The number of rotatable bonds is 6. The monoisotopic (exact) mass is 408 g/mol. The van der Waals surface area contributed by atoms with Crippen LogP contribution in [0.25, 0.3) is 11.1 Å². The predicted molar refractivity (Wildman–Crippen MR) is 124 cm³/mol. The highest BCUT2D eigenvalue weighted by atomic mass is 16.5. The highest BCUT2D eigenvalue weighted by Gasteiger charge is 2.21. The Morgan fingerprint density at radius 1 is 1.07 bits per heavy atom. The molecule has 0 saturated carbocycles. The van der Waals surface area contributed by atoms with E-state index >= 15 is 0 Å². The lowest BCUT2D eigenvalue weighted by molar-refractivity contribution is 0.0663. The fraction of sp³-hybridized carbons (Fsp3) is 0.600. The molecule has 0 bridgehead atoms. The van der Waals surface area contributed by atoms with Crippen molar-refractivity contribution in [1.29, 1.82) is 0 Å². The second kappa shape index (κ2) is 9.78. The standard InChI is InChI=1S/C25H36N4O/c1-4-28(3)22-16-23(19(2)26-18-22)21-15-25(29-10-6-5-7-11-29)24(27-17-21)14-20-8-12-30-13-9-20/h15-18,20H,4-14H2,1-3H3. The Hall–Kier alpha value is -2.14. The van der Waals surface area contributed by atoms with E-state index < -0.39 is 0 Å². The third-order valence-electron chi connectivity index (χ3n) is 6.77. The SMILES string of the molecule is CCN(C)c1cnc(C)c(-c2cnc(CC3CCOCC3)c(N3CCCCC3)c2)c1. The summed E-state index contributed by atoms with van der Waals surface area (Å²) in [5.41, 5.74) is 7.20. The molecule has 2 aromatic rings. The molecule has 5 nitrogen and oxygen atoms in total. The zero-order chi connectivity index (χ0) is 20.9. The number of aromatic nitrogens is 2. The van der Waals surface area contributed by atoms with Crippen molar-refractivity contribution in [2.45, 2.75) is 52.4 Å². The van der Waals surface area contributed by atoms with Gasteiger partial charge in [0.25, 0.3) is 0 Å². The van der Waals surface area contributed by atoms with Crippen LogP contribution >= 0.6 is 0 Å². The van der Waals surface area contributed by atoms with E-state index in [1.54, 1.807) is 0 Å². The second-order valence-corrected chi connectivity index (χ2v) is 8.84. The molecular formula is C25H36N4O. The van der Waals surface area contributed by atoms with Crippen LogP contribution in [0.4, 0.5) is 11.4 Å². The maximum absolute atomic E-state index is 5.57. The lowest BCUT2D eigenvalue weighted by atomic mass is 9.93. The zero-order valence-corrected chi connectivity index (χ0v) is 18.9. The third kappa shape index (κ3) is 4.77. The normalized spacial score (nSPS) is 17.9. The molecule has 2 fully saturated rings. The largest absolute Gasteiger partial charge is 0.381 e. The lowest BCUT2D eigenvalue weighted by Gasteiger charge is -2.32. The molecule has 2 saturated heterocycles. The van der Waals surface area contributed by atoms with Gasteiger partial charge in [-0.25, -0.2) is 0 Å². The number of anilines is 2. The number of pyridine rings is 2. The maximum Gasteiger partial charge on any atom is 0.0639 e. The molecule has 0 spiro atoms. The number of nitrogens with zero attached hydrogens (tertiary/aromatic N) is 4. The average molecular weight is 409 g/mol. The number of piperidine rings is 1. The summed E-state index contributed by atoms with van der Waals surface area (Å²) in [6, 6.07) is 4.65. The van der Waals surface area contributed by atoms with Gasteiger partial charge in [-0.05, 0) is 70.4 Å². The molecular weight excluding hydrogens is 372 g/mol. The minimum absolute atomic E-state index is 0.686. The van der Waals surface area contributed by atoms with Crippen LogP contribution in [0.5, 0.6) is 0 Å². The van der Waals surface area contributed by atoms with Gasteiger partial charge in [0.05, 0.1) is 23.3 Å². The van der Waals surface area contributed by atoms with Gasteiger partial charge in [-0.15, -0.1) is 0 Å². The van der Waals surface area contributed by atoms with Crippen LogP contribution in [0.2, 0.25) is 0 Å². The smallest absolute Gasteiger partial charge is 0.0639 e. The van der Waals surface area contributed by atoms with Crippen LogP contribution in [-0.2, 0) is 11.2 Å². The summed E-state index contributed by atoms with van der Waals surface area (Å²) in [7, 11) is 2.12. The van der Waals surface area contributed by atoms with E-state index in [1.165, 1.54) is 41.8 Å². The van der Waals surface area contributed by atoms with Crippen LogP contribution in [0.3, 0.4) is 0 Å². The van der Waals surface area contributed by atoms with E-state index in [2.05, 4.69) is 54.0 Å². The van der Waals surface area contributed by atoms with Crippen molar-refractivity contribution < 1.29 is 4.74 Å². The molecule has 2 aromatic heterocycles. The van der Waals surface area contributed by atoms with Gasteiger partial charge >= 0.3 is 0 Å². The molecule has 162 valence electrons. The molecule has 2 aliphatic heterocycles. The van der Waals surface area contributed by atoms with E-state index in [1.807, 2.05) is 6.20 Å². The summed E-state index contributed by atoms with van der Waals surface area (Å²) >= 11 is 0. The first-order valence-electron chi connectivity index (χ1n) is 11.7. The molecule has 5 heteroatoms. The fourth-order valence-electron chi connectivity index (χ4n) is 4.62. The van der Waals surface area contributed by atoms with Crippen molar-refractivity contribution >= 4 is 11.4 Å². The highest BCUT2D eigenvalue weighted by Crippen LogP contribution is 2.33. The van der Waals surface area contributed by atoms with Crippen LogP contribution in [0.1, 0.15) is 50.4 Å². The molecule has 0 N–H and O–H groups in total. The number of hydrogen-bond acceptors (Lipinski definition) is 5. The first-order chi connectivity index (χ1) is 14.7. The molecule has 0 atom stereocenters. The summed E-state index contributed by atoms with van der Waals surface area (Å²) < 4.78 is 5.57. The molecule has 30 heavy (non-hydrogen) atoms. The van der Waals surface area contributed by atoms with Crippen molar-refractivity contribution in [2.24, 2.45) is 5.92 Å². The quantitative estimate of drug-likeness (QED) is 0.682. The van der Waals surface area contributed by atoms with Gasteiger partial charge in [-0.3, -0.25) is 9.97 Å². The van der Waals surface area contributed by atoms with Crippen molar-refractivity contribution in [1.82, 2.24) is 9.97 Å². The van der Waals surface area contributed by atoms with Crippen LogP contribution in [-0.4, -0.2) is 49.9 Å². The van der Waals surface area contributed by atoms with Gasteiger partial charge < -0.3 is 14.5 Å². The Morgan fingerprint density at radius 3 is 2.57 bits per heavy atom. The zero-order valence-electron chi connectivity index (χ0n) is 18.9. The van der Waals surface area contributed by atoms with Gasteiger partial charge in [0.1, 0.15) is 0 Å². The lowest BCUT2D eigenvalue weighted by Crippen LogP contribution is -2.31. The first-order valence-corrected chi connectivity index (χ1v) is 11.7. The van der Waals surface area contributed by atoms with Crippen LogP contribution in [0.15, 0.2) is 24.5 Å². The summed E-state index contributed by atoms with van der Waals surface area (Å²) in [4.78, 5) is 14.5. The minimum atomic E-state index is 0.686. The Bertz CT molecular complexity index is 841. The maximum atomic E-state index is 5.57. The molecule has 0 unspecified atom stereocenters. The van der Waals surface area contributed by atoms with Crippen molar-refractivity contribution in [3.8, 4) is 11.1 Å². The number of hydrogen-bond donors (Lipinski definition) is 0. The van der Waals surface area contributed by atoms with Crippen LogP contribution in [0, 0.1) is 12.8 Å². The van der Waals surface area contributed by atoms with Crippen molar-refractivity contribution in [2.75, 3.05) is 49.7 Å². The van der Waals surface area contributed by atoms with Gasteiger partial charge in [0, 0.05) is 62.9 Å². The van der Waals surface area contributed by atoms with Gasteiger partial charge in [-0.1, -0.05) is 0 Å². The summed E-state index contributed by atoms with van der Waals surface area (Å²) in [5, 5.41) is 0. The van der Waals surface area contributed by atoms with E-state index in [9.17, 15) is 0 Å². The Balaban J connectivity index is 1.69. The van der Waals surface area contributed by atoms with E-state index in [-0.39, 0.29) is 0 Å². The molecule has 2 aliphatic rings. The van der Waals surface area contributed by atoms with Gasteiger partial charge in [0.2, 0.25) is 0 Å². The first kappa shape index (κ1) is 21.1. The van der Waals surface area contributed by atoms with Crippen molar-refractivity contribution in [3.05, 3.63) is 35.9 Å². The Morgan fingerprint density at radius 2 is 1.83 bits per heavy atom. The van der Waals surface area contributed by atoms with Crippen molar-refractivity contribution in [3.63, 3.8) is 0 Å². The van der Waals surface area contributed by atoms with E-state index in [0.29, 0.717) is 5.92 Å². The highest BCUT2D eigenvalue weighted by molar-refractivity contribution is 5.73. The molecule has 0 aromatic carbocycles. The molecule has 0 amide bonds. The number of aryl methyl sites for hydroxylation is 1. The van der Waals surface area contributed by atoms with E-state index in [4.69, 9.17) is 9.72 Å². The summed E-state index contributed by atoms with van der Waals surface area (Å²) in [6.07, 6.45) is 11.3. The minimum Gasteiger partial charge on any atom is -0.381 e. The number of ether oxygens (including phenoxy) is 1. The summed E-state index contributed by atoms with van der Waals surface area (Å²) in [6.45, 7) is 9.30. The summed E-state index contributed by atoms with van der Waals surface area (Å²) in [5.74, 6) is 0.686. The van der Waals surface area contributed by atoms with E-state index in [0.717, 1.165) is 63.5 Å². The topological polar surface area (TPSA) is 41.5 Å². The van der Waals surface area contributed by atoms with Crippen LogP contribution < -0.4 is 9.80 Å². The van der Waals surface area contributed by atoms with Gasteiger partial charge in [-0.2, -0.15) is 0 Å². The molecule has 4 rings (SSSR count). The molecule has 0 aliphatic carbocycles. The Kier molecular flexibility index (Phi) is 6.88. The predicted octanol–water partition coefficient (Wildman–Crippen LogP) is 4.87. The average Bonchev–Trinajstić information content (AvgIpc) is 2.80. The second-order valence-electron chi connectivity index (χ2n) is 8.84. The molecule has 4 heterocycles. The van der Waals surface area contributed by atoms with Gasteiger partial charge in [0.15, 0.2) is 0 Å². The molecule has 0 radical (unpaired) electrons. The third-order valence-corrected chi connectivity index (χ3v) is 6.77. The Labute approximate surface area is 181 Å².